The largest absolute Gasteiger partial charge is 0.460 e. The van der Waals surface area contributed by atoms with Gasteiger partial charge in [-0.05, 0) is 47.4 Å². The fourth-order valence-electron chi connectivity index (χ4n) is 5.19. The number of unbranched alkanes of at least 4 members (excludes halogenated alkanes) is 1. The third-order valence-electron chi connectivity index (χ3n) is 7.64. The van der Waals surface area contributed by atoms with E-state index in [4.69, 9.17) is 28.4 Å². The summed E-state index contributed by atoms with van der Waals surface area (Å²) >= 11 is 0. The Balaban J connectivity index is 1.03. The van der Waals surface area contributed by atoms with E-state index in [0.29, 0.717) is 65.0 Å². The Morgan fingerprint density at radius 3 is 1.40 bits per heavy atom. The molecule has 0 spiro atoms. The van der Waals surface area contributed by atoms with Crippen molar-refractivity contribution in [3.63, 3.8) is 0 Å². The molecule has 0 heterocycles. The van der Waals surface area contributed by atoms with Crippen molar-refractivity contribution >= 4 is 11.7 Å². The Bertz CT molecular complexity index is 1310. The Labute approximate surface area is 285 Å². The highest BCUT2D eigenvalue weighted by Gasteiger charge is 2.37. The van der Waals surface area contributed by atoms with Crippen molar-refractivity contribution in [2.24, 2.45) is 0 Å². The molecule has 0 amide bonds. The van der Waals surface area contributed by atoms with Crippen molar-refractivity contribution in [3.05, 3.63) is 138 Å². The molecule has 0 aliphatic carbocycles. The molecule has 0 bridgehead atoms. The van der Waals surface area contributed by atoms with Crippen LogP contribution in [0.1, 0.15) is 46.8 Å². The van der Waals surface area contributed by atoms with Crippen LogP contribution in [-0.2, 0) is 34.0 Å². The Kier molecular flexibility index (Phi) is 16.7. The quantitative estimate of drug-likeness (QED) is 0.0485. The topological polar surface area (TPSA) is 84.5 Å². The SMILES string of the molecule is CCCCNc1ccc(C(=O)OCCOCCOCCOCCOCCOC(c2ccccc2)(c2ccccc2)c2ccccc2)cc1. The normalized spacial score (nSPS) is 11.4. The zero-order valence-corrected chi connectivity index (χ0v) is 28.0. The average Bonchev–Trinajstić information content (AvgIpc) is 3.14. The van der Waals surface area contributed by atoms with Gasteiger partial charge in [0.25, 0.3) is 0 Å². The van der Waals surface area contributed by atoms with E-state index < -0.39 is 5.60 Å². The van der Waals surface area contributed by atoms with E-state index in [-0.39, 0.29) is 12.6 Å². The van der Waals surface area contributed by atoms with Gasteiger partial charge in [-0.25, -0.2) is 4.79 Å². The van der Waals surface area contributed by atoms with E-state index in [2.05, 4.69) is 48.6 Å². The van der Waals surface area contributed by atoms with Crippen LogP contribution in [0.25, 0.3) is 0 Å². The molecule has 0 aliphatic heterocycles. The molecule has 4 aromatic carbocycles. The highest BCUT2D eigenvalue weighted by atomic mass is 16.6. The summed E-state index contributed by atoms with van der Waals surface area (Å²) in [7, 11) is 0. The van der Waals surface area contributed by atoms with Crippen LogP contribution in [0.4, 0.5) is 5.69 Å². The van der Waals surface area contributed by atoms with E-state index in [1.54, 1.807) is 12.1 Å². The molecular formula is C40H49NO7. The maximum absolute atomic E-state index is 12.2. The van der Waals surface area contributed by atoms with Crippen molar-refractivity contribution in [1.82, 2.24) is 0 Å². The van der Waals surface area contributed by atoms with E-state index >= 15 is 0 Å². The van der Waals surface area contributed by atoms with E-state index in [9.17, 15) is 4.79 Å². The van der Waals surface area contributed by atoms with Crippen molar-refractivity contribution in [3.8, 4) is 0 Å². The number of benzene rings is 4. The predicted octanol–water partition coefficient (Wildman–Crippen LogP) is 7.13. The van der Waals surface area contributed by atoms with Gasteiger partial charge in [-0.15, -0.1) is 0 Å². The minimum atomic E-state index is -0.757. The molecule has 0 aliphatic rings. The van der Waals surface area contributed by atoms with Crippen LogP contribution in [-0.4, -0.2) is 78.6 Å². The lowest BCUT2D eigenvalue weighted by Gasteiger charge is -2.36. The Morgan fingerprint density at radius 1 is 0.542 bits per heavy atom. The van der Waals surface area contributed by atoms with Crippen molar-refractivity contribution < 1.29 is 33.2 Å². The van der Waals surface area contributed by atoms with Crippen LogP contribution in [0.3, 0.4) is 0 Å². The summed E-state index contributed by atoms with van der Waals surface area (Å²) in [5, 5.41) is 3.33. The molecule has 0 fully saturated rings. The molecule has 0 saturated heterocycles. The highest BCUT2D eigenvalue weighted by Crippen LogP contribution is 2.40. The lowest BCUT2D eigenvalue weighted by atomic mass is 9.80. The summed E-state index contributed by atoms with van der Waals surface area (Å²) in [6.45, 7) is 7.10. The third kappa shape index (κ3) is 11.9. The molecule has 256 valence electrons. The van der Waals surface area contributed by atoms with Gasteiger partial charge in [-0.2, -0.15) is 0 Å². The minimum Gasteiger partial charge on any atom is -0.460 e. The van der Waals surface area contributed by atoms with Crippen LogP contribution in [0.5, 0.6) is 0 Å². The summed E-state index contributed by atoms with van der Waals surface area (Å²) in [6, 6.07) is 38.2. The molecule has 8 heteroatoms. The second-order valence-corrected chi connectivity index (χ2v) is 11.1. The van der Waals surface area contributed by atoms with Gasteiger partial charge in [-0.3, -0.25) is 0 Å². The first-order valence-corrected chi connectivity index (χ1v) is 16.9. The van der Waals surface area contributed by atoms with Crippen LogP contribution in [0.15, 0.2) is 115 Å². The predicted molar refractivity (Wildman–Crippen MR) is 189 cm³/mol. The molecule has 0 radical (unpaired) electrons. The number of ether oxygens (including phenoxy) is 6. The van der Waals surface area contributed by atoms with Gasteiger partial charge in [0.15, 0.2) is 0 Å². The van der Waals surface area contributed by atoms with Crippen LogP contribution >= 0.6 is 0 Å². The molecule has 4 aromatic rings. The van der Waals surface area contributed by atoms with Gasteiger partial charge >= 0.3 is 5.97 Å². The third-order valence-corrected chi connectivity index (χ3v) is 7.64. The van der Waals surface area contributed by atoms with Gasteiger partial charge in [0.2, 0.25) is 0 Å². The van der Waals surface area contributed by atoms with Gasteiger partial charge in [0.05, 0.1) is 65.0 Å². The van der Waals surface area contributed by atoms with E-state index in [1.165, 1.54) is 0 Å². The zero-order valence-electron chi connectivity index (χ0n) is 28.0. The van der Waals surface area contributed by atoms with Gasteiger partial charge < -0.3 is 33.7 Å². The lowest BCUT2D eigenvalue weighted by molar-refractivity contribution is -0.0389. The number of carbonyl (C=O) groups excluding carboxylic acids is 1. The Morgan fingerprint density at radius 2 is 0.958 bits per heavy atom. The first-order valence-electron chi connectivity index (χ1n) is 16.9. The summed E-state index contributed by atoms with van der Waals surface area (Å²) < 4.78 is 34.5. The smallest absolute Gasteiger partial charge is 0.338 e. The van der Waals surface area contributed by atoms with Gasteiger partial charge in [0, 0.05) is 12.2 Å². The van der Waals surface area contributed by atoms with E-state index in [0.717, 1.165) is 41.8 Å². The van der Waals surface area contributed by atoms with Crippen molar-refractivity contribution in [1.29, 1.82) is 0 Å². The second-order valence-electron chi connectivity index (χ2n) is 11.1. The standard InChI is InChI=1S/C40H49NO7/c1-2-3-23-41-38-21-19-34(20-22-38)39(42)47-32-30-45-28-26-43-24-25-44-27-29-46-31-33-48-40(35-13-7-4-8-14-35,36-15-9-5-10-16-36)37-17-11-6-12-18-37/h4-22,41H,2-3,23-33H2,1H3. The molecular weight excluding hydrogens is 606 g/mol. The summed E-state index contributed by atoms with van der Waals surface area (Å²) in [6.07, 6.45) is 2.25. The second kappa shape index (κ2) is 21.8. The van der Waals surface area contributed by atoms with Crippen molar-refractivity contribution in [2.75, 3.05) is 77.9 Å². The summed E-state index contributed by atoms with van der Waals surface area (Å²) in [5.41, 5.74) is 3.95. The molecule has 0 aromatic heterocycles. The fraction of sp³-hybridized carbons (Fsp3) is 0.375. The summed E-state index contributed by atoms with van der Waals surface area (Å²) in [5.74, 6) is -0.358. The Hall–Kier alpha value is -4.05. The van der Waals surface area contributed by atoms with Gasteiger partial charge in [0.1, 0.15) is 12.2 Å². The maximum Gasteiger partial charge on any atom is 0.338 e. The van der Waals surface area contributed by atoms with Gasteiger partial charge in [-0.1, -0.05) is 104 Å². The number of anilines is 1. The average molecular weight is 656 g/mol. The minimum absolute atomic E-state index is 0.190. The zero-order chi connectivity index (χ0) is 33.5. The van der Waals surface area contributed by atoms with Crippen LogP contribution in [0.2, 0.25) is 0 Å². The molecule has 0 atom stereocenters. The number of hydrogen-bond acceptors (Lipinski definition) is 8. The lowest BCUT2D eigenvalue weighted by Crippen LogP contribution is -2.34. The van der Waals surface area contributed by atoms with Crippen LogP contribution in [0, 0.1) is 0 Å². The molecule has 4 rings (SSSR count). The molecule has 8 nitrogen and oxygen atoms in total. The summed E-state index contributed by atoms with van der Waals surface area (Å²) in [4.78, 5) is 12.2. The monoisotopic (exact) mass is 655 g/mol. The first-order chi connectivity index (χ1) is 23.7. The number of carbonyl (C=O) groups is 1. The molecule has 0 unspecified atom stereocenters. The van der Waals surface area contributed by atoms with Crippen molar-refractivity contribution in [2.45, 2.75) is 25.4 Å². The fourth-order valence-corrected chi connectivity index (χ4v) is 5.19. The highest BCUT2D eigenvalue weighted by molar-refractivity contribution is 5.89. The molecule has 48 heavy (non-hydrogen) atoms. The number of hydrogen-bond donors (Lipinski definition) is 1. The molecule has 1 N–H and O–H groups in total. The number of esters is 1. The maximum atomic E-state index is 12.2. The first kappa shape index (κ1) is 36.8. The van der Waals surface area contributed by atoms with Crippen LogP contribution < -0.4 is 5.32 Å². The van der Waals surface area contributed by atoms with E-state index in [1.807, 2.05) is 66.7 Å². The molecule has 0 saturated carbocycles. The number of nitrogens with one attached hydrogen (secondary N) is 1. The number of rotatable bonds is 24.